The Labute approximate surface area is 116 Å². The molecule has 1 unspecified atom stereocenters. The molecule has 2 aromatic rings. The molecule has 0 bridgehead atoms. The fraction of sp³-hybridized carbons (Fsp3) is 0.286. The molecule has 1 atom stereocenters. The minimum absolute atomic E-state index is 0.122. The molecule has 1 amide bonds. The third kappa shape index (κ3) is 3.81. The number of aromatic amines is 1. The van der Waals surface area contributed by atoms with E-state index in [0.717, 1.165) is 6.42 Å². The van der Waals surface area contributed by atoms with Gasteiger partial charge in [-0.05, 0) is 30.7 Å². The Kier molecular flexibility index (Phi) is 4.70. The van der Waals surface area contributed by atoms with Crippen LogP contribution >= 0.6 is 0 Å². The van der Waals surface area contributed by atoms with Crippen molar-refractivity contribution in [2.75, 3.05) is 6.61 Å². The van der Waals surface area contributed by atoms with Crippen LogP contribution in [0, 0.1) is 5.82 Å². The highest BCUT2D eigenvalue weighted by Crippen LogP contribution is 2.12. The first kappa shape index (κ1) is 14.0. The number of amides is 1. The second-order valence-electron chi connectivity index (χ2n) is 4.25. The SMILES string of the molecule is CCC(NC(=O)COc1ccc(F)cc1)c1ncc[nH]1. The first-order valence-corrected chi connectivity index (χ1v) is 6.36. The van der Waals surface area contributed by atoms with Crippen LogP contribution in [0.2, 0.25) is 0 Å². The van der Waals surface area contributed by atoms with Crippen molar-refractivity contribution in [3.63, 3.8) is 0 Å². The van der Waals surface area contributed by atoms with Crippen LogP contribution in [0.5, 0.6) is 5.75 Å². The fourth-order valence-corrected chi connectivity index (χ4v) is 1.75. The van der Waals surface area contributed by atoms with Crippen LogP contribution in [0.3, 0.4) is 0 Å². The van der Waals surface area contributed by atoms with E-state index in [9.17, 15) is 9.18 Å². The normalized spacial score (nSPS) is 11.9. The highest BCUT2D eigenvalue weighted by Gasteiger charge is 2.14. The summed E-state index contributed by atoms with van der Waals surface area (Å²) in [5, 5.41) is 2.82. The van der Waals surface area contributed by atoms with E-state index in [2.05, 4.69) is 15.3 Å². The summed E-state index contributed by atoms with van der Waals surface area (Å²) in [5.41, 5.74) is 0. The highest BCUT2D eigenvalue weighted by molar-refractivity contribution is 5.77. The number of benzene rings is 1. The van der Waals surface area contributed by atoms with Gasteiger partial charge in [0.25, 0.3) is 5.91 Å². The molecule has 1 aromatic carbocycles. The fourth-order valence-electron chi connectivity index (χ4n) is 1.75. The van der Waals surface area contributed by atoms with Crippen molar-refractivity contribution < 1.29 is 13.9 Å². The molecular weight excluding hydrogens is 261 g/mol. The van der Waals surface area contributed by atoms with Gasteiger partial charge in [0.15, 0.2) is 6.61 Å². The second kappa shape index (κ2) is 6.70. The Balaban J connectivity index is 1.84. The van der Waals surface area contributed by atoms with Gasteiger partial charge < -0.3 is 15.0 Å². The van der Waals surface area contributed by atoms with Gasteiger partial charge in [-0.3, -0.25) is 4.79 Å². The van der Waals surface area contributed by atoms with Gasteiger partial charge >= 0.3 is 0 Å². The summed E-state index contributed by atoms with van der Waals surface area (Å²) in [6, 6.07) is 5.35. The van der Waals surface area contributed by atoms with Gasteiger partial charge in [0.2, 0.25) is 0 Å². The Bertz CT molecular complexity index is 540. The van der Waals surface area contributed by atoms with E-state index in [1.165, 1.54) is 24.3 Å². The molecule has 0 aliphatic rings. The summed E-state index contributed by atoms with van der Waals surface area (Å²) in [4.78, 5) is 18.9. The lowest BCUT2D eigenvalue weighted by molar-refractivity contribution is -0.123. The van der Waals surface area contributed by atoms with Crippen LogP contribution in [0.25, 0.3) is 0 Å². The van der Waals surface area contributed by atoms with E-state index in [0.29, 0.717) is 11.6 Å². The van der Waals surface area contributed by atoms with E-state index in [1.54, 1.807) is 12.4 Å². The van der Waals surface area contributed by atoms with Gasteiger partial charge in [-0.25, -0.2) is 9.37 Å². The molecular formula is C14H16FN3O2. The number of hydrogen-bond donors (Lipinski definition) is 2. The smallest absolute Gasteiger partial charge is 0.258 e. The van der Waals surface area contributed by atoms with Gasteiger partial charge in [0, 0.05) is 12.4 Å². The third-order valence-electron chi connectivity index (χ3n) is 2.78. The zero-order valence-corrected chi connectivity index (χ0v) is 11.1. The van der Waals surface area contributed by atoms with E-state index in [4.69, 9.17) is 4.74 Å². The molecule has 1 aromatic heterocycles. The lowest BCUT2D eigenvalue weighted by Gasteiger charge is -2.15. The minimum atomic E-state index is -0.342. The van der Waals surface area contributed by atoms with Crippen LogP contribution in [0.15, 0.2) is 36.7 Å². The number of H-pyrrole nitrogens is 1. The predicted octanol–water partition coefficient (Wildman–Crippen LogP) is 2.20. The monoisotopic (exact) mass is 277 g/mol. The molecule has 0 saturated heterocycles. The van der Waals surface area contributed by atoms with E-state index >= 15 is 0 Å². The maximum absolute atomic E-state index is 12.7. The van der Waals surface area contributed by atoms with E-state index < -0.39 is 0 Å². The molecule has 106 valence electrons. The molecule has 2 rings (SSSR count). The molecule has 1 heterocycles. The van der Waals surface area contributed by atoms with Crippen molar-refractivity contribution in [3.05, 3.63) is 48.3 Å². The Hall–Kier alpha value is -2.37. The highest BCUT2D eigenvalue weighted by atomic mass is 19.1. The lowest BCUT2D eigenvalue weighted by atomic mass is 10.2. The number of ether oxygens (including phenoxy) is 1. The Morgan fingerprint density at radius 1 is 1.45 bits per heavy atom. The van der Waals surface area contributed by atoms with Gasteiger partial charge in [0.1, 0.15) is 17.4 Å². The van der Waals surface area contributed by atoms with Gasteiger partial charge in [-0.2, -0.15) is 0 Å². The molecule has 20 heavy (non-hydrogen) atoms. The average Bonchev–Trinajstić information content (AvgIpc) is 2.98. The zero-order chi connectivity index (χ0) is 14.4. The summed E-state index contributed by atoms with van der Waals surface area (Å²) < 4.78 is 18.0. The van der Waals surface area contributed by atoms with E-state index in [1.807, 2.05) is 6.92 Å². The number of nitrogens with zero attached hydrogens (tertiary/aromatic N) is 1. The lowest BCUT2D eigenvalue weighted by Crippen LogP contribution is -2.32. The largest absolute Gasteiger partial charge is 0.484 e. The first-order valence-electron chi connectivity index (χ1n) is 6.36. The quantitative estimate of drug-likeness (QED) is 0.850. The maximum Gasteiger partial charge on any atom is 0.258 e. The third-order valence-corrected chi connectivity index (χ3v) is 2.78. The number of imidazole rings is 1. The number of carbonyl (C=O) groups is 1. The number of carbonyl (C=O) groups excluding carboxylic acids is 1. The summed E-state index contributed by atoms with van der Waals surface area (Å²) in [5.74, 6) is 0.568. The van der Waals surface area contributed by atoms with Crippen LogP contribution in [-0.4, -0.2) is 22.5 Å². The molecule has 2 N–H and O–H groups in total. The summed E-state index contributed by atoms with van der Waals surface area (Å²) in [6.45, 7) is 1.83. The Morgan fingerprint density at radius 3 is 2.80 bits per heavy atom. The first-order chi connectivity index (χ1) is 9.69. The van der Waals surface area contributed by atoms with Gasteiger partial charge in [-0.1, -0.05) is 6.92 Å². The minimum Gasteiger partial charge on any atom is -0.484 e. The molecule has 0 aliphatic heterocycles. The molecule has 0 spiro atoms. The van der Waals surface area contributed by atoms with Crippen LogP contribution in [0.1, 0.15) is 25.2 Å². The van der Waals surface area contributed by atoms with Crippen LogP contribution in [0.4, 0.5) is 4.39 Å². The van der Waals surface area contributed by atoms with Crippen molar-refractivity contribution in [1.29, 1.82) is 0 Å². The average molecular weight is 277 g/mol. The zero-order valence-electron chi connectivity index (χ0n) is 11.1. The predicted molar refractivity (Wildman–Crippen MR) is 71.7 cm³/mol. The molecule has 5 nitrogen and oxygen atoms in total. The number of aromatic nitrogens is 2. The Morgan fingerprint density at radius 2 is 2.20 bits per heavy atom. The van der Waals surface area contributed by atoms with Crippen molar-refractivity contribution in [2.45, 2.75) is 19.4 Å². The van der Waals surface area contributed by atoms with Gasteiger partial charge in [-0.15, -0.1) is 0 Å². The molecule has 0 aliphatic carbocycles. The maximum atomic E-state index is 12.7. The standard InChI is InChI=1S/C14H16FN3O2/c1-2-12(14-16-7-8-17-14)18-13(19)9-20-11-5-3-10(15)4-6-11/h3-8,12H,2,9H2,1H3,(H,16,17)(H,18,19). The number of halogens is 1. The van der Waals surface area contributed by atoms with Crippen molar-refractivity contribution in [3.8, 4) is 5.75 Å². The number of hydrogen-bond acceptors (Lipinski definition) is 3. The summed E-state index contributed by atoms with van der Waals surface area (Å²) in [6.07, 6.45) is 4.06. The van der Waals surface area contributed by atoms with E-state index in [-0.39, 0.29) is 24.4 Å². The van der Waals surface area contributed by atoms with Crippen LogP contribution < -0.4 is 10.1 Å². The van der Waals surface area contributed by atoms with Crippen molar-refractivity contribution in [2.24, 2.45) is 0 Å². The van der Waals surface area contributed by atoms with Crippen molar-refractivity contribution in [1.82, 2.24) is 15.3 Å². The molecule has 0 radical (unpaired) electrons. The topological polar surface area (TPSA) is 67.0 Å². The molecule has 0 saturated carbocycles. The van der Waals surface area contributed by atoms with Gasteiger partial charge in [0.05, 0.1) is 6.04 Å². The second-order valence-corrected chi connectivity index (χ2v) is 4.25. The summed E-state index contributed by atoms with van der Waals surface area (Å²) in [7, 11) is 0. The van der Waals surface area contributed by atoms with Crippen molar-refractivity contribution >= 4 is 5.91 Å². The molecule has 6 heteroatoms. The molecule has 0 fully saturated rings. The summed E-state index contributed by atoms with van der Waals surface area (Å²) >= 11 is 0. The van der Waals surface area contributed by atoms with Crippen LogP contribution in [-0.2, 0) is 4.79 Å². The number of nitrogens with one attached hydrogen (secondary N) is 2. The number of rotatable bonds is 6.